The highest BCUT2D eigenvalue weighted by atomic mass is 15.5. The number of nitrogens with one attached hydrogen (secondary N) is 1. The van der Waals surface area contributed by atoms with Crippen LogP contribution in [0, 0.1) is 13.8 Å². The maximum atomic E-state index is 4.28. The zero-order valence-electron chi connectivity index (χ0n) is 15.1. The topological polar surface area (TPSA) is 70.6 Å². The predicted octanol–water partition coefficient (Wildman–Crippen LogP) is 3.65. The Morgan fingerprint density at radius 2 is 1.77 bits per heavy atom. The second-order valence-corrected chi connectivity index (χ2v) is 6.76. The molecule has 0 bridgehead atoms. The van der Waals surface area contributed by atoms with Crippen molar-refractivity contribution in [3.8, 4) is 11.4 Å². The van der Waals surface area contributed by atoms with Gasteiger partial charge in [0.05, 0.1) is 0 Å². The molecule has 132 valence electrons. The van der Waals surface area contributed by atoms with E-state index >= 15 is 0 Å². The minimum Gasteiger partial charge on any atom is -0.372 e. The monoisotopic (exact) mass is 346 g/mol. The summed E-state index contributed by atoms with van der Waals surface area (Å²) in [7, 11) is 0. The number of aryl methyl sites for hydroxylation is 2. The molecule has 0 amide bonds. The zero-order chi connectivity index (χ0) is 17.9. The largest absolute Gasteiger partial charge is 0.372 e. The molecular formula is C20H22N6. The van der Waals surface area contributed by atoms with Gasteiger partial charge in [0.25, 0.3) is 0 Å². The fourth-order valence-corrected chi connectivity index (χ4v) is 3.51. The second-order valence-electron chi connectivity index (χ2n) is 6.76. The number of aromatic nitrogens is 5. The van der Waals surface area contributed by atoms with E-state index in [1.165, 1.54) is 48.3 Å². The molecular weight excluding hydrogens is 324 g/mol. The van der Waals surface area contributed by atoms with Gasteiger partial charge < -0.3 is 4.90 Å². The van der Waals surface area contributed by atoms with Gasteiger partial charge in [-0.05, 0) is 72.4 Å². The molecule has 0 atom stereocenters. The van der Waals surface area contributed by atoms with Crippen molar-refractivity contribution in [2.45, 2.75) is 26.7 Å². The van der Waals surface area contributed by atoms with E-state index in [9.17, 15) is 0 Å². The van der Waals surface area contributed by atoms with Crippen LogP contribution in [0.3, 0.4) is 0 Å². The van der Waals surface area contributed by atoms with Gasteiger partial charge in [0, 0.05) is 36.7 Å². The van der Waals surface area contributed by atoms with Crippen LogP contribution in [0.25, 0.3) is 23.5 Å². The van der Waals surface area contributed by atoms with E-state index < -0.39 is 0 Å². The number of hydrogen-bond donors (Lipinski definition) is 1. The van der Waals surface area contributed by atoms with Gasteiger partial charge in [-0.2, -0.15) is 5.21 Å². The van der Waals surface area contributed by atoms with Crippen LogP contribution in [0.15, 0.2) is 30.6 Å². The van der Waals surface area contributed by atoms with Gasteiger partial charge in [0.2, 0.25) is 5.82 Å². The third kappa shape index (κ3) is 3.35. The number of anilines is 1. The molecule has 2 aromatic heterocycles. The number of H-pyrrole nitrogens is 1. The van der Waals surface area contributed by atoms with E-state index in [4.69, 9.17) is 0 Å². The second kappa shape index (κ2) is 7.07. The van der Waals surface area contributed by atoms with Crippen molar-refractivity contribution < 1.29 is 0 Å². The number of hydrogen-bond acceptors (Lipinski definition) is 5. The highest BCUT2D eigenvalue weighted by Crippen LogP contribution is 2.27. The van der Waals surface area contributed by atoms with Crippen molar-refractivity contribution in [2.24, 2.45) is 0 Å². The summed E-state index contributed by atoms with van der Waals surface area (Å²) in [4.78, 5) is 6.76. The van der Waals surface area contributed by atoms with E-state index in [-0.39, 0.29) is 0 Å². The standard InChI is InChI=1S/C20H22N6/c1-14-9-18(26-7-3-4-8-26)10-15(2)19(14)6-5-16-11-17(13-21-12-16)20-22-24-25-23-20/h5-6,9-13H,3-4,7-8H2,1-2H3,(H,22,23,24,25)/b6-5+. The summed E-state index contributed by atoms with van der Waals surface area (Å²) in [5, 5.41) is 14.1. The van der Waals surface area contributed by atoms with Gasteiger partial charge in [-0.3, -0.25) is 4.98 Å². The quantitative estimate of drug-likeness (QED) is 0.781. The summed E-state index contributed by atoms with van der Waals surface area (Å²) in [5.41, 5.74) is 7.05. The first-order valence-corrected chi connectivity index (χ1v) is 8.94. The third-order valence-electron chi connectivity index (χ3n) is 4.86. The lowest BCUT2D eigenvalue weighted by atomic mass is 10.00. The van der Waals surface area contributed by atoms with Crippen LogP contribution in [0.2, 0.25) is 0 Å². The Hall–Kier alpha value is -3.02. The molecule has 26 heavy (non-hydrogen) atoms. The summed E-state index contributed by atoms with van der Waals surface area (Å²) in [6, 6.07) is 6.61. The third-order valence-corrected chi connectivity index (χ3v) is 4.86. The van der Waals surface area contributed by atoms with Crippen molar-refractivity contribution >= 4 is 17.8 Å². The number of aromatic amines is 1. The summed E-state index contributed by atoms with van der Waals surface area (Å²) in [6.07, 6.45) is 10.4. The maximum absolute atomic E-state index is 4.28. The van der Waals surface area contributed by atoms with E-state index in [2.05, 4.69) is 68.6 Å². The van der Waals surface area contributed by atoms with Crippen LogP contribution >= 0.6 is 0 Å². The Bertz CT molecular complexity index is 900. The Balaban J connectivity index is 1.60. The molecule has 0 aliphatic carbocycles. The molecule has 6 heteroatoms. The van der Waals surface area contributed by atoms with Crippen LogP contribution in [0.4, 0.5) is 5.69 Å². The molecule has 0 spiro atoms. The molecule has 1 N–H and O–H groups in total. The summed E-state index contributed by atoms with van der Waals surface area (Å²) >= 11 is 0. The van der Waals surface area contributed by atoms with Crippen molar-refractivity contribution in [3.63, 3.8) is 0 Å². The van der Waals surface area contributed by atoms with Crippen molar-refractivity contribution in [3.05, 3.63) is 52.8 Å². The molecule has 1 fully saturated rings. The minimum absolute atomic E-state index is 0.551. The normalized spacial score (nSPS) is 14.5. The molecule has 1 aliphatic rings. The average molecular weight is 346 g/mol. The SMILES string of the molecule is Cc1cc(N2CCCC2)cc(C)c1/C=C/c1cncc(-c2nn[nH]n2)c1. The summed E-state index contributed by atoms with van der Waals surface area (Å²) in [5.74, 6) is 0.551. The molecule has 1 aliphatic heterocycles. The van der Waals surface area contributed by atoms with Gasteiger partial charge in [0.1, 0.15) is 0 Å². The van der Waals surface area contributed by atoms with Crippen molar-refractivity contribution in [2.75, 3.05) is 18.0 Å². The lowest BCUT2D eigenvalue weighted by Gasteiger charge is -2.20. The van der Waals surface area contributed by atoms with Gasteiger partial charge in [0.15, 0.2) is 0 Å². The molecule has 6 nitrogen and oxygen atoms in total. The first-order valence-electron chi connectivity index (χ1n) is 8.94. The molecule has 0 saturated carbocycles. The maximum Gasteiger partial charge on any atom is 0.206 e. The highest BCUT2D eigenvalue weighted by Gasteiger charge is 2.14. The lowest BCUT2D eigenvalue weighted by molar-refractivity contribution is 0.881. The highest BCUT2D eigenvalue weighted by molar-refractivity contribution is 5.75. The van der Waals surface area contributed by atoms with Crippen LogP contribution in [-0.2, 0) is 0 Å². The van der Waals surface area contributed by atoms with Crippen LogP contribution < -0.4 is 4.90 Å². The van der Waals surface area contributed by atoms with Crippen LogP contribution in [0.5, 0.6) is 0 Å². The summed E-state index contributed by atoms with van der Waals surface area (Å²) < 4.78 is 0. The number of rotatable bonds is 4. The van der Waals surface area contributed by atoms with Crippen molar-refractivity contribution in [1.82, 2.24) is 25.6 Å². The molecule has 0 radical (unpaired) electrons. The first kappa shape index (κ1) is 16.4. The Kier molecular flexibility index (Phi) is 4.48. The minimum atomic E-state index is 0.551. The van der Waals surface area contributed by atoms with E-state index in [0.717, 1.165) is 11.1 Å². The molecule has 1 aromatic carbocycles. The van der Waals surface area contributed by atoms with E-state index in [0.29, 0.717) is 5.82 Å². The molecule has 1 saturated heterocycles. The van der Waals surface area contributed by atoms with E-state index in [1.54, 1.807) is 6.20 Å². The predicted molar refractivity (Wildman–Crippen MR) is 104 cm³/mol. The molecule has 3 aromatic rings. The lowest BCUT2D eigenvalue weighted by Crippen LogP contribution is -2.17. The summed E-state index contributed by atoms with van der Waals surface area (Å²) in [6.45, 7) is 6.70. The zero-order valence-corrected chi connectivity index (χ0v) is 15.1. The van der Waals surface area contributed by atoms with Crippen LogP contribution in [0.1, 0.15) is 35.1 Å². The number of nitrogens with zero attached hydrogens (tertiary/aromatic N) is 5. The molecule has 0 unspecified atom stereocenters. The fraction of sp³-hybridized carbons (Fsp3) is 0.300. The molecule has 4 rings (SSSR count). The smallest absolute Gasteiger partial charge is 0.206 e. The van der Waals surface area contributed by atoms with E-state index in [1.807, 2.05) is 12.3 Å². The van der Waals surface area contributed by atoms with Crippen LogP contribution in [-0.4, -0.2) is 38.7 Å². The van der Waals surface area contributed by atoms with Gasteiger partial charge in [-0.15, -0.1) is 10.2 Å². The number of pyridine rings is 1. The first-order chi connectivity index (χ1) is 12.7. The number of tetrazole rings is 1. The Morgan fingerprint density at radius 1 is 1.00 bits per heavy atom. The van der Waals surface area contributed by atoms with Crippen molar-refractivity contribution in [1.29, 1.82) is 0 Å². The van der Waals surface area contributed by atoms with Gasteiger partial charge >= 0.3 is 0 Å². The van der Waals surface area contributed by atoms with Gasteiger partial charge in [-0.25, -0.2) is 0 Å². The van der Waals surface area contributed by atoms with Gasteiger partial charge in [-0.1, -0.05) is 12.2 Å². The Morgan fingerprint density at radius 3 is 2.46 bits per heavy atom. The fourth-order valence-electron chi connectivity index (χ4n) is 3.51. The average Bonchev–Trinajstić information content (AvgIpc) is 3.35. The number of benzene rings is 1. The Labute approximate surface area is 153 Å². The molecule has 3 heterocycles.